The van der Waals surface area contributed by atoms with Crippen LogP contribution in [0.25, 0.3) is 0 Å². The van der Waals surface area contributed by atoms with Crippen molar-refractivity contribution in [3.8, 4) is 5.75 Å². The molecule has 5 nitrogen and oxygen atoms in total. The maximum Gasteiger partial charge on any atom is 0.419 e. The van der Waals surface area contributed by atoms with E-state index in [0.717, 1.165) is 25.0 Å². The molecule has 0 bridgehead atoms. The molecular formula is C19H17F3N2O3. The molecule has 1 fully saturated rings. The third kappa shape index (κ3) is 4.99. The van der Waals surface area contributed by atoms with Gasteiger partial charge in [0.1, 0.15) is 5.75 Å². The number of carbonyl (C=O) groups excluding carboxylic acids is 2. The van der Waals surface area contributed by atoms with Crippen molar-refractivity contribution in [2.45, 2.75) is 25.1 Å². The number of hydrogen-bond donors (Lipinski definition) is 2. The van der Waals surface area contributed by atoms with Crippen LogP contribution in [-0.2, 0) is 11.0 Å². The van der Waals surface area contributed by atoms with Crippen molar-refractivity contribution in [2.24, 2.45) is 0 Å². The van der Waals surface area contributed by atoms with Crippen molar-refractivity contribution in [3.63, 3.8) is 0 Å². The molecule has 0 radical (unpaired) electrons. The molecule has 0 aliphatic heterocycles. The van der Waals surface area contributed by atoms with Gasteiger partial charge in [-0.3, -0.25) is 9.59 Å². The summed E-state index contributed by atoms with van der Waals surface area (Å²) >= 11 is 0. The highest BCUT2D eigenvalue weighted by Gasteiger charge is 2.34. The topological polar surface area (TPSA) is 67.4 Å². The molecule has 1 aliphatic rings. The maximum absolute atomic E-state index is 12.9. The molecule has 2 aromatic carbocycles. The van der Waals surface area contributed by atoms with E-state index < -0.39 is 30.0 Å². The summed E-state index contributed by atoms with van der Waals surface area (Å²) in [7, 11) is 0. The minimum absolute atomic E-state index is 0.156. The number of carbonyl (C=O) groups is 2. The highest BCUT2D eigenvalue weighted by atomic mass is 19.4. The second kappa shape index (κ2) is 7.69. The highest BCUT2D eigenvalue weighted by molar-refractivity contribution is 6.04. The van der Waals surface area contributed by atoms with Crippen LogP contribution in [0.15, 0.2) is 48.5 Å². The average Bonchev–Trinajstić information content (AvgIpc) is 3.44. The summed E-state index contributed by atoms with van der Waals surface area (Å²) in [6.07, 6.45) is -2.74. The number of hydrogen-bond acceptors (Lipinski definition) is 3. The Balaban J connectivity index is 1.65. The first-order valence-electron chi connectivity index (χ1n) is 8.33. The first kappa shape index (κ1) is 18.8. The van der Waals surface area contributed by atoms with Crippen molar-refractivity contribution in [1.82, 2.24) is 5.32 Å². The molecule has 142 valence electrons. The number of para-hydroxylation sites is 2. The standard InChI is InChI=1S/C19H17F3N2O3/c20-19(21,22)14-6-2-4-8-16(14)27-11-17(25)24-15-7-3-1-5-13(15)18(26)23-12-9-10-12/h1-8,12H,9-11H2,(H,23,26)(H,24,25). The zero-order valence-corrected chi connectivity index (χ0v) is 14.2. The lowest BCUT2D eigenvalue weighted by molar-refractivity contribution is -0.139. The number of halogens is 3. The predicted molar refractivity (Wildman–Crippen MR) is 92.5 cm³/mol. The van der Waals surface area contributed by atoms with E-state index in [1.54, 1.807) is 24.3 Å². The number of anilines is 1. The third-order valence-electron chi connectivity index (χ3n) is 3.91. The molecule has 0 heterocycles. The first-order chi connectivity index (χ1) is 12.8. The van der Waals surface area contributed by atoms with Crippen molar-refractivity contribution in [2.75, 3.05) is 11.9 Å². The number of rotatable bonds is 6. The zero-order valence-electron chi connectivity index (χ0n) is 14.2. The van der Waals surface area contributed by atoms with Crippen molar-refractivity contribution in [1.29, 1.82) is 0 Å². The Morgan fingerprint density at radius 2 is 1.70 bits per heavy atom. The normalized spacial score (nSPS) is 13.7. The molecular weight excluding hydrogens is 361 g/mol. The Bertz CT molecular complexity index is 848. The van der Waals surface area contributed by atoms with E-state index in [1.807, 2.05) is 0 Å². The van der Waals surface area contributed by atoms with Gasteiger partial charge in [-0.15, -0.1) is 0 Å². The quantitative estimate of drug-likeness (QED) is 0.807. The molecule has 8 heteroatoms. The van der Waals surface area contributed by atoms with E-state index in [9.17, 15) is 22.8 Å². The molecule has 2 N–H and O–H groups in total. The number of alkyl halides is 3. The Morgan fingerprint density at radius 3 is 2.41 bits per heavy atom. The lowest BCUT2D eigenvalue weighted by Gasteiger charge is -2.14. The fourth-order valence-electron chi connectivity index (χ4n) is 2.44. The molecule has 0 spiro atoms. The van der Waals surface area contributed by atoms with Crippen molar-refractivity contribution >= 4 is 17.5 Å². The third-order valence-corrected chi connectivity index (χ3v) is 3.91. The molecule has 0 saturated heterocycles. The van der Waals surface area contributed by atoms with E-state index in [2.05, 4.69) is 10.6 Å². The molecule has 2 amide bonds. The molecule has 27 heavy (non-hydrogen) atoms. The Morgan fingerprint density at radius 1 is 1.04 bits per heavy atom. The largest absolute Gasteiger partial charge is 0.483 e. The van der Waals surface area contributed by atoms with Crippen LogP contribution in [0.2, 0.25) is 0 Å². The van der Waals surface area contributed by atoms with Gasteiger partial charge in [0.2, 0.25) is 0 Å². The molecule has 2 aromatic rings. The smallest absolute Gasteiger partial charge is 0.419 e. The van der Waals surface area contributed by atoms with Crippen LogP contribution >= 0.6 is 0 Å². The lowest BCUT2D eigenvalue weighted by atomic mass is 10.1. The van der Waals surface area contributed by atoms with Gasteiger partial charge in [-0.05, 0) is 37.1 Å². The van der Waals surface area contributed by atoms with Crippen LogP contribution < -0.4 is 15.4 Å². The number of benzene rings is 2. The Hall–Kier alpha value is -3.03. The minimum Gasteiger partial charge on any atom is -0.483 e. The van der Waals surface area contributed by atoms with Gasteiger partial charge in [0, 0.05) is 6.04 Å². The minimum atomic E-state index is -4.58. The van der Waals surface area contributed by atoms with Gasteiger partial charge >= 0.3 is 6.18 Å². The monoisotopic (exact) mass is 378 g/mol. The molecule has 0 atom stereocenters. The molecule has 1 aliphatic carbocycles. The summed E-state index contributed by atoms with van der Waals surface area (Å²) < 4.78 is 43.9. The van der Waals surface area contributed by atoms with Gasteiger partial charge < -0.3 is 15.4 Å². The lowest BCUT2D eigenvalue weighted by Crippen LogP contribution is -2.28. The summed E-state index contributed by atoms with van der Waals surface area (Å²) in [4.78, 5) is 24.3. The molecule has 1 saturated carbocycles. The van der Waals surface area contributed by atoms with Crippen LogP contribution in [0, 0.1) is 0 Å². The van der Waals surface area contributed by atoms with Crippen LogP contribution in [0.5, 0.6) is 5.75 Å². The summed E-state index contributed by atoms with van der Waals surface area (Å²) in [5.74, 6) is -1.41. The van der Waals surface area contributed by atoms with Crippen molar-refractivity contribution in [3.05, 3.63) is 59.7 Å². The van der Waals surface area contributed by atoms with E-state index in [1.165, 1.54) is 12.1 Å². The van der Waals surface area contributed by atoms with Gasteiger partial charge in [-0.1, -0.05) is 24.3 Å². The summed E-state index contributed by atoms with van der Waals surface area (Å²) in [5.41, 5.74) is -0.399. The Labute approximate surface area is 153 Å². The number of amides is 2. The van der Waals surface area contributed by atoms with Gasteiger partial charge in [0.25, 0.3) is 11.8 Å². The number of ether oxygens (including phenoxy) is 1. The van der Waals surface area contributed by atoms with E-state index in [4.69, 9.17) is 4.74 Å². The number of nitrogens with one attached hydrogen (secondary N) is 2. The van der Waals surface area contributed by atoms with Crippen molar-refractivity contribution < 1.29 is 27.5 Å². The maximum atomic E-state index is 12.9. The average molecular weight is 378 g/mol. The van der Waals surface area contributed by atoms with Crippen LogP contribution in [0.3, 0.4) is 0 Å². The summed E-state index contributed by atoms with van der Waals surface area (Å²) in [6, 6.07) is 11.2. The van der Waals surface area contributed by atoms with Gasteiger partial charge in [-0.25, -0.2) is 0 Å². The molecule has 3 rings (SSSR count). The van der Waals surface area contributed by atoms with E-state index in [-0.39, 0.29) is 23.2 Å². The van der Waals surface area contributed by atoms with Gasteiger partial charge in [-0.2, -0.15) is 13.2 Å². The fraction of sp³-hybridized carbons (Fsp3) is 0.263. The Kier molecular flexibility index (Phi) is 5.34. The van der Waals surface area contributed by atoms with Gasteiger partial charge in [0.15, 0.2) is 6.61 Å². The second-order valence-corrected chi connectivity index (χ2v) is 6.12. The van der Waals surface area contributed by atoms with Crippen LogP contribution in [0.4, 0.5) is 18.9 Å². The first-order valence-corrected chi connectivity index (χ1v) is 8.33. The highest BCUT2D eigenvalue weighted by Crippen LogP contribution is 2.35. The molecule has 0 unspecified atom stereocenters. The predicted octanol–water partition coefficient (Wildman–Crippen LogP) is 3.62. The zero-order chi connectivity index (χ0) is 19.4. The van der Waals surface area contributed by atoms with Crippen LogP contribution in [0.1, 0.15) is 28.8 Å². The van der Waals surface area contributed by atoms with Crippen LogP contribution in [-0.4, -0.2) is 24.5 Å². The van der Waals surface area contributed by atoms with Gasteiger partial charge in [0.05, 0.1) is 16.8 Å². The second-order valence-electron chi connectivity index (χ2n) is 6.12. The SMILES string of the molecule is O=C(COc1ccccc1C(F)(F)F)Nc1ccccc1C(=O)NC1CC1. The summed E-state index contributed by atoms with van der Waals surface area (Å²) in [5, 5.41) is 5.33. The molecule has 0 aromatic heterocycles. The van der Waals surface area contributed by atoms with E-state index in [0.29, 0.717) is 0 Å². The fourth-order valence-corrected chi connectivity index (χ4v) is 2.44. The van der Waals surface area contributed by atoms with E-state index >= 15 is 0 Å². The summed E-state index contributed by atoms with van der Waals surface area (Å²) in [6.45, 7) is -0.619.